The topological polar surface area (TPSA) is 37.3 Å². The van der Waals surface area contributed by atoms with E-state index in [0.29, 0.717) is 11.8 Å². The van der Waals surface area contributed by atoms with E-state index in [0.717, 1.165) is 35.1 Å². The number of aliphatic hydroxyl groups excluding tert-OH is 1. The minimum Gasteiger partial charge on any atom is -0.384 e. The summed E-state index contributed by atoms with van der Waals surface area (Å²) in [6, 6.07) is 0. The van der Waals surface area contributed by atoms with Crippen molar-refractivity contribution >= 4 is 5.78 Å². The molecular weight excluding hydrogens is 356 g/mol. The van der Waals surface area contributed by atoms with Gasteiger partial charge in [-0.25, -0.2) is 0 Å². The maximum Gasteiger partial charge on any atom is 0.181 e. The molecule has 0 aromatic heterocycles. The number of hydrogen-bond acceptors (Lipinski definition) is 2. The molecule has 2 saturated carbocycles. The largest absolute Gasteiger partial charge is 0.384 e. The molecule has 2 heteroatoms. The fraction of sp³-hybridized carbons (Fsp3) is 0.593. The van der Waals surface area contributed by atoms with Crippen molar-refractivity contribution in [2.75, 3.05) is 0 Å². The number of ketones is 1. The van der Waals surface area contributed by atoms with Crippen LogP contribution in [0, 0.1) is 11.8 Å². The lowest BCUT2D eigenvalue weighted by Crippen LogP contribution is -2.27. The molecule has 4 aliphatic carbocycles. The zero-order valence-electron chi connectivity index (χ0n) is 18.4. The number of hydrogen-bond donors (Lipinski definition) is 1. The zero-order chi connectivity index (χ0) is 20.5. The minimum absolute atomic E-state index is 0.146. The quantitative estimate of drug-likeness (QED) is 0.579. The number of aliphatic hydroxyl groups is 1. The van der Waals surface area contributed by atoms with Crippen LogP contribution in [0.2, 0.25) is 0 Å². The molecule has 4 aliphatic rings. The second-order valence-electron chi connectivity index (χ2n) is 9.68. The Kier molecular flexibility index (Phi) is 6.11. The summed E-state index contributed by atoms with van der Waals surface area (Å²) < 4.78 is 0. The Hall–Kier alpha value is -1.67. The fourth-order valence-electron chi connectivity index (χ4n) is 6.00. The van der Waals surface area contributed by atoms with E-state index in [2.05, 4.69) is 19.1 Å². The Bertz CT molecular complexity index is 834. The highest BCUT2D eigenvalue weighted by Gasteiger charge is 2.34. The van der Waals surface area contributed by atoms with E-state index in [1.54, 1.807) is 0 Å². The lowest BCUT2D eigenvalue weighted by Gasteiger charge is -2.36. The van der Waals surface area contributed by atoms with Crippen LogP contribution in [0.4, 0.5) is 0 Å². The average Bonchev–Trinajstić information content (AvgIpc) is 2.73. The Balaban J connectivity index is 1.88. The van der Waals surface area contributed by atoms with Crippen molar-refractivity contribution < 1.29 is 9.90 Å². The molecule has 0 heterocycles. The Morgan fingerprint density at radius 1 is 0.759 bits per heavy atom. The van der Waals surface area contributed by atoms with Gasteiger partial charge in [0.1, 0.15) is 6.10 Å². The normalized spacial score (nSPS) is 30.3. The van der Waals surface area contributed by atoms with Crippen LogP contribution in [-0.4, -0.2) is 17.0 Å². The highest BCUT2D eigenvalue weighted by atomic mass is 16.3. The molecule has 0 aromatic rings. The summed E-state index contributed by atoms with van der Waals surface area (Å²) in [5.74, 6) is 1.13. The number of rotatable bonds is 2. The van der Waals surface area contributed by atoms with Gasteiger partial charge in [0.2, 0.25) is 0 Å². The monoisotopic (exact) mass is 392 g/mol. The van der Waals surface area contributed by atoms with E-state index in [1.807, 2.05) is 19.9 Å². The summed E-state index contributed by atoms with van der Waals surface area (Å²) in [6.45, 7) is 6.18. The molecule has 156 valence electrons. The molecular formula is C27H36O2. The summed E-state index contributed by atoms with van der Waals surface area (Å²) >= 11 is 0. The van der Waals surface area contributed by atoms with E-state index in [4.69, 9.17) is 0 Å². The SMILES string of the molecule is CC1=CC(=C2C(C3CCCCC3)=C(C)C=C(C)C2O)C(C2CCCCC2)=CC1=O. The first kappa shape index (κ1) is 20.6. The minimum atomic E-state index is -0.560. The summed E-state index contributed by atoms with van der Waals surface area (Å²) in [7, 11) is 0. The fourth-order valence-corrected chi connectivity index (χ4v) is 6.00. The first-order valence-corrected chi connectivity index (χ1v) is 11.7. The van der Waals surface area contributed by atoms with Crippen LogP contribution in [0.3, 0.4) is 0 Å². The standard InChI is InChI=1S/C27H36O2/c1-17-15-23(22(16-24(17)28)20-10-6-4-7-11-20)26-25(21-12-8-5-9-13-21)18(2)14-19(3)27(26)29/h14-16,20-21,27,29H,4-13H2,1-3H3. The molecule has 2 nitrogen and oxygen atoms in total. The van der Waals surface area contributed by atoms with Crippen LogP contribution in [0.15, 0.2) is 57.2 Å². The first-order valence-electron chi connectivity index (χ1n) is 11.7. The number of allylic oxidation sites excluding steroid dienone is 7. The van der Waals surface area contributed by atoms with Crippen molar-refractivity contribution in [3.05, 3.63) is 57.2 Å². The summed E-state index contributed by atoms with van der Waals surface area (Å²) in [5.41, 5.74) is 7.98. The molecule has 0 aromatic carbocycles. The highest BCUT2D eigenvalue weighted by molar-refractivity contribution is 6.06. The Labute approximate surface area is 176 Å². The highest BCUT2D eigenvalue weighted by Crippen LogP contribution is 2.46. The summed E-state index contributed by atoms with van der Waals surface area (Å²) in [6.07, 6.45) is 18.1. The van der Waals surface area contributed by atoms with Crippen LogP contribution < -0.4 is 0 Å². The van der Waals surface area contributed by atoms with Gasteiger partial charge in [0.15, 0.2) is 5.78 Å². The molecule has 0 spiro atoms. The van der Waals surface area contributed by atoms with Gasteiger partial charge in [-0.05, 0) is 109 Å². The van der Waals surface area contributed by atoms with Crippen molar-refractivity contribution in [3.8, 4) is 0 Å². The van der Waals surface area contributed by atoms with Crippen molar-refractivity contribution in [2.45, 2.75) is 91.1 Å². The van der Waals surface area contributed by atoms with Crippen molar-refractivity contribution in [2.24, 2.45) is 11.8 Å². The van der Waals surface area contributed by atoms with Gasteiger partial charge in [0.05, 0.1) is 0 Å². The predicted octanol–water partition coefficient (Wildman–Crippen LogP) is 6.54. The van der Waals surface area contributed by atoms with Gasteiger partial charge in [-0.2, -0.15) is 0 Å². The molecule has 1 unspecified atom stereocenters. The van der Waals surface area contributed by atoms with Crippen LogP contribution >= 0.6 is 0 Å². The predicted molar refractivity (Wildman–Crippen MR) is 119 cm³/mol. The molecule has 0 radical (unpaired) electrons. The maximum atomic E-state index is 12.6. The van der Waals surface area contributed by atoms with Gasteiger partial charge < -0.3 is 5.11 Å². The average molecular weight is 393 g/mol. The molecule has 4 rings (SSSR count). The van der Waals surface area contributed by atoms with Gasteiger partial charge in [-0.3, -0.25) is 4.79 Å². The lowest BCUT2D eigenvalue weighted by molar-refractivity contribution is -0.111. The van der Waals surface area contributed by atoms with Crippen LogP contribution in [-0.2, 0) is 4.79 Å². The molecule has 29 heavy (non-hydrogen) atoms. The smallest absolute Gasteiger partial charge is 0.181 e. The summed E-state index contributed by atoms with van der Waals surface area (Å²) in [5, 5.41) is 11.4. The van der Waals surface area contributed by atoms with Gasteiger partial charge >= 0.3 is 0 Å². The van der Waals surface area contributed by atoms with Gasteiger partial charge in [0, 0.05) is 0 Å². The van der Waals surface area contributed by atoms with Gasteiger partial charge in [-0.15, -0.1) is 0 Å². The van der Waals surface area contributed by atoms with Crippen LogP contribution in [0.1, 0.15) is 85.0 Å². The third-order valence-electron chi connectivity index (χ3n) is 7.56. The van der Waals surface area contributed by atoms with E-state index in [-0.39, 0.29) is 5.78 Å². The van der Waals surface area contributed by atoms with E-state index < -0.39 is 6.10 Å². The Morgan fingerprint density at radius 3 is 1.97 bits per heavy atom. The molecule has 0 aliphatic heterocycles. The number of carbonyl (C=O) groups excluding carboxylic acids is 1. The lowest BCUT2D eigenvalue weighted by atomic mass is 9.69. The zero-order valence-corrected chi connectivity index (χ0v) is 18.4. The van der Waals surface area contributed by atoms with Gasteiger partial charge in [-0.1, -0.05) is 44.6 Å². The molecule has 0 amide bonds. The molecule has 1 N–H and O–H groups in total. The molecule has 1 atom stereocenters. The van der Waals surface area contributed by atoms with Crippen LogP contribution in [0.5, 0.6) is 0 Å². The Morgan fingerprint density at radius 2 is 1.34 bits per heavy atom. The third kappa shape index (κ3) is 4.01. The van der Waals surface area contributed by atoms with Gasteiger partial charge in [0.25, 0.3) is 0 Å². The maximum absolute atomic E-state index is 12.6. The molecule has 2 fully saturated rings. The molecule has 0 saturated heterocycles. The second-order valence-corrected chi connectivity index (χ2v) is 9.68. The third-order valence-corrected chi connectivity index (χ3v) is 7.56. The number of carbonyl (C=O) groups is 1. The van der Waals surface area contributed by atoms with E-state index >= 15 is 0 Å². The van der Waals surface area contributed by atoms with Crippen molar-refractivity contribution in [1.82, 2.24) is 0 Å². The summed E-state index contributed by atoms with van der Waals surface area (Å²) in [4.78, 5) is 12.6. The second kappa shape index (κ2) is 8.60. The molecule has 0 bridgehead atoms. The van der Waals surface area contributed by atoms with Crippen molar-refractivity contribution in [1.29, 1.82) is 0 Å². The first-order chi connectivity index (χ1) is 14.0. The van der Waals surface area contributed by atoms with E-state index in [9.17, 15) is 9.90 Å². The van der Waals surface area contributed by atoms with Crippen LogP contribution in [0.25, 0.3) is 0 Å². The van der Waals surface area contributed by atoms with Crippen molar-refractivity contribution in [3.63, 3.8) is 0 Å². The van der Waals surface area contributed by atoms with E-state index in [1.165, 1.54) is 68.1 Å².